The Morgan fingerprint density at radius 3 is 3.08 bits per heavy atom. The molecule has 1 aromatic carbocycles. The van der Waals surface area contributed by atoms with Crippen LogP contribution in [0.25, 0.3) is 0 Å². The molecule has 1 saturated carbocycles. The largest absolute Gasteiger partial charge is 0.483 e. The van der Waals surface area contributed by atoms with Gasteiger partial charge < -0.3 is 19.4 Å². The number of imidazole rings is 1. The molecule has 1 aliphatic heterocycles. The molecule has 0 spiro atoms. The fourth-order valence-corrected chi connectivity index (χ4v) is 3.42. The normalized spacial score (nSPS) is 17.5. The van der Waals surface area contributed by atoms with E-state index in [-0.39, 0.29) is 18.1 Å². The Bertz CT molecular complexity index is 808. The minimum atomic E-state index is -0.228. The van der Waals surface area contributed by atoms with Gasteiger partial charge in [0.05, 0.1) is 0 Å². The second kappa shape index (κ2) is 6.67. The van der Waals surface area contributed by atoms with Crippen LogP contribution in [0.4, 0.5) is 0 Å². The van der Waals surface area contributed by atoms with Crippen molar-refractivity contribution in [1.29, 1.82) is 0 Å². The summed E-state index contributed by atoms with van der Waals surface area (Å²) in [6.07, 6.45) is 7.09. The van der Waals surface area contributed by atoms with Gasteiger partial charge in [-0.05, 0) is 32.8 Å². The van der Waals surface area contributed by atoms with Crippen LogP contribution in [-0.4, -0.2) is 34.2 Å². The molecule has 4 rings (SSSR count). The molecule has 6 heteroatoms. The number of amides is 1. The van der Waals surface area contributed by atoms with Crippen LogP contribution in [0.5, 0.6) is 11.5 Å². The fraction of sp³-hybridized carbons (Fsp3) is 0.500. The summed E-state index contributed by atoms with van der Waals surface area (Å²) in [6.45, 7) is 5.38. The Labute approximate surface area is 153 Å². The topological polar surface area (TPSA) is 65.4 Å². The summed E-state index contributed by atoms with van der Waals surface area (Å²) in [4.78, 5) is 16.5. The second-order valence-electron chi connectivity index (χ2n) is 7.67. The summed E-state index contributed by atoms with van der Waals surface area (Å²) in [5.74, 6) is 3.00. The van der Waals surface area contributed by atoms with Gasteiger partial charge >= 0.3 is 0 Å². The Morgan fingerprint density at radius 1 is 1.42 bits per heavy atom. The number of nitrogens with one attached hydrogen (secondary N) is 1. The van der Waals surface area contributed by atoms with Crippen molar-refractivity contribution < 1.29 is 14.3 Å². The second-order valence-corrected chi connectivity index (χ2v) is 7.67. The lowest BCUT2D eigenvalue weighted by Crippen LogP contribution is -2.31. The maximum Gasteiger partial charge on any atom is 0.258 e. The van der Waals surface area contributed by atoms with E-state index in [1.807, 2.05) is 30.6 Å². The van der Waals surface area contributed by atoms with E-state index in [1.165, 1.54) is 12.8 Å². The zero-order valence-corrected chi connectivity index (χ0v) is 15.3. The zero-order valence-electron chi connectivity index (χ0n) is 15.3. The van der Waals surface area contributed by atoms with Crippen molar-refractivity contribution in [2.24, 2.45) is 0 Å². The first-order valence-corrected chi connectivity index (χ1v) is 9.23. The van der Waals surface area contributed by atoms with Crippen molar-refractivity contribution in [3.05, 3.63) is 42.0 Å². The van der Waals surface area contributed by atoms with E-state index in [0.717, 1.165) is 30.1 Å². The van der Waals surface area contributed by atoms with E-state index >= 15 is 0 Å². The summed E-state index contributed by atoms with van der Waals surface area (Å²) in [6, 6.07) is 5.83. The van der Waals surface area contributed by atoms with E-state index in [4.69, 9.17) is 9.47 Å². The van der Waals surface area contributed by atoms with Crippen LogP contribution in [0, 0.1) is 0 Å². The third kappa shape index (κ3) is 3.69. The van der Waals surface area contributed by atoms with Gasteiger partial charge in [0.1, 0.15) is 11.4 Å². The lowest BCUT2D eigenvalue weighted by atomic mass is 10.0. The smallest absolute Gasteiger partial charge is 0.258 e. The number of fused-ring (bicyclic) bond motifs is 1. The molecule has 1 aromatic heterocycles. The first-order valence-electron chi connectivity index (χ1n) is 9.23. The van der Waals surface area contributed by atoms with Gasteiger partial charge in [-0.3, -0.25) is 4.79 Å². The monoisotopic (exact) mass is 355 g/mol. The highest BCUT2D eigenvalue weighted by Crippen LogP contribution is 2.41. The summed E-state index contributed by atoms with van der Waals surface area (Å²) in [5, 5.41) is 2.91. The lowest BCUT2D eigenvalue weighted by Gasteiger charge is -2.18. The van der Waals surface area contributed by atoms with Crippen LogP contribution in [0.2, 0.25) is 0 Å². The molecular weight excluding hydrogens is 330 g/mol. The minimum absolute atomic E-state index is 0.0142. The van der Waals surface area contributed by atoms with Crippen LogP contribution in [0.15, 0.2) is 30.6 Å². The molecule has 0 unspecified atom stereocenters. The number of ether oxygens (including phenoxy) is 2. The number of para-hydroxylation sites is 1. The number of carbonyl (C=O) groups is 1. The molecule has 0 atom stereocenters. The predicted molar refractivity (Wildman–Crippen MR) is 97.6 cm³/mol. The molecule has 0 saturated heterocycles. The first kappa shape index (κ1) is 16.9. The van der Waals surface area contributed by atoms with E-state index in [0.29, 0.717) is 18.2 Å². The van der Waals surface area contributed by atoms with Gasteiger partial charge in [0, 0.05) is 43.4 Å². The van der Waals surface area contributed by atoms with E-state index < -0.39 is 0 Å². The SMILES string of the molecule is CC1(C)Cc2cccc(OCC(=O)NCCn3ccnc3C3CC3)c2O1. The average Bonchev–Trinajstić information content (AvgIpc) is 3.24. The van der Waals surface area contributed by atoms with Gasteiger partial charge in [0.25, 0.3) is 5.91 Å². The van der Waals surface area contributed by atoms with Crippen LogP contribution in [-0.2, 0) is 17.8 Å². The maximum atomic E-state index is 12.1. The Balaban J connectivity index is 1.26. The van der Waals surface area contributed by atoms with Gasteiger partial charge in [-0.15, -0.1) is 0 Å². The molecule has 1 N–H and O–H groups in total. The summed E-state index contributed by atoms with van der Waals surface area (Å²) >= 11 is 0. The molecule has 2 aromatic rings. The van der Waals surface area contributed by atoms with Gasteiger partial charge in [0.15, 0.2) is 18.1 Å². The molecule has 138 valence electrons. The van der Waals surface area contributed by atoms with Crippen LogP contribution >= 0.6 is 0 Å². The Hall–Kier alpha value is -2.50. The molecule has 2 heterocycles. The molecule has 26 heavy (non-hydrogen) atoms. The van der Waals surface area contributed by atoms with Crippen molar-refractivity contribution in [1.82, 2.24) is 14.9 Å². The number of carbonyl (C=O) groups excluding carboxylic acids is 1. The molecule has 1 fully saturated rings. The lowest BCUT2D eigenvalue weighted by molar-refractivity contribution is -0.123. The summed E-state index contributed by atoms with van der Waals surface area (Å²) < 4.78 is 13.8. The molecule has 6 nitrogen and oxygen atoms in total. The third-order valence-corrected chi connectivity index (χ3v) is 4.78. The van der Waals surface area contributed by atoms with Gasteiger partial charge in [-0.2, -0.15) is 0 Å². The average molecular weight is 355 g/mol. The standard InChI is InChI=1S/C20H25N3O3/c1-20(2)12-15-4-3-5-16(18(15)26-20)25-13-17(24)21-8-10-23-11-9-22-19(23)14-6-7-14/h3-5,9,11,14H,6-8,10,12-13H2,1-2H3,(H,21,24). The number of benzene rings is 1. The van der Waals surface area contributed by atoms with Crippen molar-refractivity contribution >= 4 is 5.91 Å². The minimum Gasteiger partial charge on any atom is -0.483 e. The molecule has 1 aliphatic carbocycles. The Kier molecular flexibility index (Phi) is 4.34. The quantitative estimate of drug-likeness (QED) is 0.829. The van der Waals surface area contributed by atoms with E-state index in [1.54, 1.807) is 0 Å². The van der Waals surface area contributed by atoms with Gasteiger partial charge in [-0.25, -0.2) is 4.98 Å². The number of nitrogens with zero attached hydrogens (tertiary/aromatic N) is 2. The first-order chi connectivity index (χ1) is 12.5. The van der Waals surface area contributed by atoms with Gasteiger partial charge in [0.2, 0.25) is 0 Å². The predicted octanol–water partition coefficient (Wildman–Crippen LogP) is 2.67. The molecule has 1 amide bonds. The third-order valence-electron chi connectivity index (χ3n) is 4.78. The van der Waals surface area contributed by atoms with Crippen molar-refractivity contribution in [2.75, 3.05) is 13.2 Å². The van der Waals surface area contributed by atoms with Crippen molar-refractivity contribution in [3.63, 3.8) is 0 Å². The number of hydrogen-bond acceptors (Lipinski definition) is 4. The molecule has 0 radical (unpaired) electrons. The summed E-state index contributed by atoms with van der Waals surface area (Å²) in [7, 11) is 0. The number of hydrogen-bond donors (Lipinski definition) is 1. The highest BCUT2D eigenvalue weighted by molar-refractivity contribution is 5.77. The van der Waals surface area contributed by atoms with Crippen molar-refractivity contribution in [3.8, 4) is 11.5 Å². The highest BCUT2D eigenvalue weighted by Gasteiger charge is 2.32. The van der Waals surface area contributed by atoms with E-state index in [9.17, 15) is 4.79 Å². The molecule has 0 bridgehead atoms. The van der Waals surface area contributed by atoms with Crippen LogP contribution in [0.3, 0.4) is 0 Å². The molecule has 2 aliphatic rings. The van der Waals surface area contributed by atoms with E-state index in [2.05, 4.69) is 28.7 Å². The highest BCUT2D eigenvalue weighted by atomic mass is 16.5. The van der Waals surface area contributed by atoms with Gasteiger partial charge in [-0.1, -0.05) is 12.1 Å². The van der Waals surface area contributed by atoms with Crippen molar-refractivity contribution in [2.45, 2.75) is 51.2 Å². The fourth-order valence-electron chi connectivity index (χ4n) is 3.42. The zero-order chi connectivity index (χ0) is 18.1. The molecular formula is C20H25N3O3. The van der Waals surface area contributed by atoms with Crippen LogP contribution in [0.1, 0.15) is 44.0 Å². The maximum absolute atomic E-state index is 12.1. The van der Waals surface area contributed by atoms with Crippen LogP contribution < -0.4 is 14.8 Å². The Morgan fingerprint density at radius 2 is 2.27 bits per heavy atom. The summed E-state index contributed by atoms with van der Waals surface area (Å²) in [5.41, 5.74) is 0.898. The number of aromatic nitrogens is 2. The number of rotatable bonds is 7.